The van der Waals surface area contributed by atoms with Crippen LogP contribution in [0.4, 0.5) is 11.8 Å². The van der Waals surface area contributed by atoms with Crippen molar-refractivity contribution in [3.05, 3.63) is 10.7 Å². The van der Waals surface area contributed by atoms with Crippen LogP contribution in [0.2, 0.25) is 0 Å². The number of aromatic nitrogens is 2. The minimum atomic E-state index is 0.307. The van der Waals surface area contributed by atoms with Crippen LogP contribution in [0.1, 0.15) is 12.8 Å². The summed E-state index contributed by atoms with van der Waals surface area (Å²) in [6, 6.07) is 0. The molecular formula is C8H11BrN4. The Labute approximate surface area is 85.1 Å². The molecule has 70 valence electrons. The van der Waals surface area contributed by atoms with Crippen molar-refractivity contribution in [2.24, 2.45) is 5.92 Å². The lowest BCUT2D eigenvalue weighted by Crippen LogP contribution is -2.07. The van der Waals surface area contributed by atoms with Crippen molar-refractivity contribution in [1.29, 1.82) is 0 Å². The molecule has 13 heavy (non-hydrogen) atoms. The second-order valence-corrected chi connectivity index (χ2v) is 4.10. The minimum absolute atomic E-state index is 0.307. The highest BCUT2D eigenvalue weighted by Crippen LogP contribution is 2.29. The average Bonchev–Trinajstić information content (AvgIpc) is 2.90. The van der Waals surface area contributed by atoms with Gasteiger partial charge in [0, 0.05) is 12.7 Å². The van der Waals surface area contributed by atoms with E-state index in [-0.39, 0.29) is 0 Å². The Hall–Kier alpha value is -0.840. The number of nitrogens with zero attached hydrogens (tertiary/aromatic N) is 2. The Bertz CT molecular complexity index is 311. The van der Waals surface area contributed by atoms with E-state index in [1.807, 2.05) is 0 Å². The van der Waals surface area contributed by atoms with Gasteiger partial charge in [-0.25, -0.2) is 4.98 Å². The summed E-state index contributed by atoms with van der Waals surface area (Å²) in [5.74, 6) is 1.92. The molecule has 0 aliphatic heterocycles. The van der Waals surface area contributed by atoms with E-state index in [9.17, 15) is 0 Å². The number of hydrogen-bond donors (Lipinski definition) is 2. The van der Waals surface area contributed by atoms with Crippen LogP contribution in [-0.4, -0.2) is 16.5 Å². The van der Waals surface area contributed by atoms with Crippen molar-refractivity contribution in [3.8, 4) is 0 Å². The number of nitrogens with two attached hydrogens (primary N) is 1. The first kappa shape index (κ1) is 8.74. The zero-order chi connectivity index (χ0) is 9.26. The van der Waals surface area contributed by atoms with E-state index in [1.54, 1.807) is 6.20 Å². The zero-order valence-corrected chi connectivity index (χ0v) is 8.71. The molecule has 0 aromatic carbocycles. The van der Waals surface area contributed by atoms with E-state index >= 15 is 0 Å². The van der Waals surface area contributed by atoms with Crippen LogP contribution < -0.4 is 11.1 Å². The zero-order valence-electron chi connectivity index (χ0n) is 7.13. The van der Waals surface area contributed by atoms with Crippen LogP contribution in [0, 0.1) is 5.92 Å². The van der Waals surface area contributed by atoms with E-state index in [1.165, 1.54) is 12.8 Å². The molecule has 3 N–H and O–H groups in total. The number of nitrogen functional groups attached to an aromatic ring is 1. The predicted octanol–water partition coefficient (Wildman–Crippen LogP) is 1.64. The van der Waals surface area contributed by atoms with Gasteiger partial charge in [0.15, 0.2) is 0 Å². The molecular weight excluding hydrogens is 232 g/mol. The Balaban J connectivity index is 2.03. The molecule has 0 atom stereocenters. The van der Waals surface area contributed by atoms with Crippen molar-refractivity contribution in [1.82, 2.24) is 9.97 Å². The molecule has 5 heteroatoms. The Kier molecular flexibility index (Phi) is 2.35. The maximum atomic E-state index is 5.47. The molecule has 1 saturated carbocycles. The van der Waals surface area contributed by atoms with Gasteiger partial charge in [-0.05, 0) is 34.7 Å². The fourth-order valence-electron chi connectivity index (χ4n) is 1.07. The molecule has 4 nitrogen and oxygen atoms in total. The molecule has 1 aliphatic carbocycles. The second-order valence-electron chi connectivity index (χ2n) is 3.25. The van der Waals surface area contributed by atoms with E-state index in [2.05, 4.69) is 31.2 Å². The van der Waals surface area contributed by atoms with Crippen LogP contribution in [-0.2, 0) is 0 Å². The van der Waals surface area contributed by atoms with Crippen molar-refractivity contribution in [2.75, 3.05) is 17.6 Å². The summed E-state index contributed by atoms with van der Waals surface area (Å²) in [5.41, 5.74) is 5.47. The molecule has 0 spiro atoms. The number of rotatable bonds is 3. The minimum Gasteiger partial charge on any atom is -0.369 e. The van der Waals surface area contributed by atoms with Crippen LogP contribution in [0.5, 0.6) is 0 Å². The first-order chi connectivity index (χ1) is 6.25. The molecule has 1 aromatic heterocycles. The van der Waals surface area contributed by atoms with Gasteiger partial charge in [-0.2, -0.15) is 4.98 Å². The molecule has 1 aliphatic rings. The standard InChI is InChI=1S/C8H11BrN4/c9-6-4-12-8(10)13-7(6)11-3-5-1-2-5/h4-5H,1-3H2,(H3,10,11,12,13). The second kappa shape index (κ2) is 3.49. The first-order valence-corrected chi connectivity index (χ1v) is 5.07. The lowest BCUT2D eigenvalue weighted by atomic mass is 10.4. The van der Waals surface area contributed by atoms with Gasteiger partial charge in [0.2, 0.25) is 5.95 Å². The maximum Gasteiger partial charge on any atom is 0.221 e. The van der Waals surface area contributed by atoms with Crippen molar-refractivity contribution < 1.29 is 0 Å². The van der Waals surface area contributed by atoms with E-state index in [0.29, 0.717) is 5.95 Å². The van der Waals surface area contributed by atoms with Crippen molar-refractivity contribution in [3.63, 3.8) is 0 Å². The van der Waals surface area contributed by atoms with Gasteiger partial charge in [-0.15, -0.1) is 0 Å². The highest BCUT2D eigenvalue weighted by molar-refractivity contribution is 9.10. The fourth-order valence-corrected chi connectivity index (χ4v) is 1.40. The summed E-state index contributed by atoms with van der Waals surface area (Å²) in [6.45, 7) is 0.981. The number of anilines is 2. The number of nitrogens with one attached hydrogen (secondary N) is 1. The first-order valence-electron chi connectivity index (χ1n) is 4.27. The summed E-state index contributed by atoms with van der Waals surface area (Å²) in [5, 5.41) is 3.24. The van der Waals surface area contributed by atoms with Crippen LogP contribution in [0.3, 0.4) is 0 Å². The molecule has 0 bridgehead atoms. The monoisotopic (exact) mass is 242 g/mol. The maximum absolute atomic E-state index is 5.47. The third kappa shape index (κ3) is 2.30. The molecule has 0 amide bonds. The van der Waals surface area contributed by atoms with E-state index in [0.717, 1.165) is 22.8 Å². The molecule has 1 aromatic rings. The topological polar surface area (TPSA) is 63.8 Å². The number of hydrogen-bond acceptors (Lipinski definition) is 4. The third-order valence-corrected chi connectivity index (χ3v) is 2.60. The molecule has 1 fully saturated rings. The van der Waals surface area contributed by atoms with E-state index in [4.69, 9.17) is 5.73 Å². The molecule has 1 heterocycles. The normalized spacial score (nSPS) is 15.8. The van der Waals surface area contributed by atoms with Gasteiger partial charge in [-0.3, -0.25) is 0 Å². The lowest BCUT2D eigenvalue weighted by molar-refractivity contribution is 0.880. The van der Waals surface area contributed by atoms with Crippen LogP contribution in [0.15, 0.2) is 10.7 Å². The van der Waals surface area contributed by atoms with Gasteiger partial charge in [-0.1, -0.05) is 0 Å². The van der Waals surface area contributed by atoms with Crippen molar-refractivity contribution >= 4 is 27.7 Å². The third-order valence-electron chi connectivity index (χ3n) is 2.02. The van der Waals surface area contributed by atoms with Gasteiger partial charge in [0.25, 0.3) is 0 Å². The Morgan fingerprint density at radius 2 is 2.38 bits per heavy atom. The van der Waals surface area contributed by atoms with Gasteiger partial charge < -0.3 is 11.1 Å². The quantitative estimate of drug-likeness (QED) is 0.847. The fraction of sp³-hybridized carbons (Fsp3) is 0.500. The van der Waals surface area contributed by atoms with Gasteiger partial charge in [0.05, 0.1) is 4.47 Å². The number of halogens is 1. The molecule has 0 radical (unpaired) electrons. The van der Waals surface area contributed by atoms with Gasteiger partial charge in [0.1, 0.15) is 5.82 Å². The summed E-state index contributed by atoms with van der Waals surface area (Å²) in [4.78, 5) is 7.94. The SMILES string of the molecule is Nc1ncc(Br)c(NCC2CC2)n1. The molecule has 0 unspecified atom stereocenters. The predicted molar refractivity (Wildman–Crippen MR) is 55.4 cm³/mol. The van der Waals surface area contributed by atoms with Crippen LogP contribution in [0.25, 0.3) is 0 Å². The van der Waals surface area contributed by atoms with Crippen LogP contribution >= 0.6 is 15.9 Å². The highest BCUT2D eigenvalue weighted by Gasteiger charge is 2.21. The van der Waals surface area contributed by atoms with Gasteiger partial charge >= 0.3 is 0 Å². The lowest BCUT2D eigenvalue weighted by Gasteiger charge is -2.06. The Morgan fingerprint density at radius 1 is 1.62 bits per heavy atom. The summed E-state index contributed by atoms with van der Waals surface area (Å²) in [7, 11) is 0. The average molecular weight is 243 g/mol. The molecule has 2 rings (SSSR count). The summed E-state index contributed by atoms with van der Waals surface area (Å²) >= 11 is 3.36. The summed E-state index contributed by atoms with van der Waals surface area (Å²) in [6.07, 6.45) is 4.31. The van der Waals surface area contributed by atoms with Crippen molar-refractivity contribution in [2.45, 2.75) is 12.8 Å². The largest absolute Gasteiger partial charge is 0.369 e. The van der Waals surface area contributed by atoms with E-state index < -0.39 is 0 Å². The Morgan fingerprint density at radius 3 is 3.08 bits per heavy atom. The molecule has 0 saturated heterocycles. The highest BCUT2D eigenvalue weighted by atomic mass is 79.9. The smallest absolute Gasteiger partial charge is 0.221 e. The summed E-state index contributed by atoms with van der Waals surface area (Å²) < 4.78 is 0.863.